The Bertz CT molecular complexity index is 714. The third kappa shape index (κ3) is 3.82. The number of hydrogen-bond acceptors (Lipinski definition) is 4. The minimum atomic E-state index is -0.263. The van der Waals surface area contributed by atoms with Crippen molar-refractivity contribution in [3.05, 3.63) is 45.8 Å². The molecule has 0 N–H and O–H groups in total. The molecule has 0 saturated carbocycles. The smallest absolute Gasteiger partial charge is 0.336 e. The van der Waals surface area contributed by atoms with Crippen LogP contribution in [0.4, 0.5) is 0 Å². The van der Waals surface area contributed by atoms with E-state index >= 15 is 0 Å². The van der Waals surface area contributed by atoms with Gasteiger partial charge in [-0.1, -0.05) is 13.0 Å². The molecular formula is C19H25NO3. The van der Waals surface area contributed by atoms with Crippen molar-refractivity contribution in [1.29, 1.82) is 0 Å². The number of piperidine rings is 1. The minimum absolute atomic E-state index is 0.263. The van der Waals surface area contributed by atoms with E-state index in [9.17, 15) is 4.79 Å². The minimum Gasteiger partial charge on any atom is -0.423 e. The van der Waals surface area contributed by atoms with E-state index in [1.807, 2.05) is 19.1 Å². The first kappa shape index (κ1) is 16.2. The monoisotopic (exact) mass is 315 g/mol. The molecule has 1 aromatic carbocycles. The van der Waals surface area contributed by atoms with E-state index in [1.54, 1.807) is 6.07 Å². The van der Waals surface area contributed by atoms with Gasteiger partial charge in [-0.2, -0.15) is 0 Å². The van der Waals surface area contributed by atoms with Crippen LogP contribution in [0.2, 0.25) is 0 Å². The first-order valence-corrected chi connectivity index (χ1v) is 8.59. The summed E-state index contributed by atoms with van der Waals surface area (Å²) in [4.78, 5) is 14.2. The lowest BCUT2D eigenvalue weighted by molar-refractivity contribution is 0.0126. The van der Waals surface area contributed by atoms with Crippen molar-refractivity contribution in [2.75, 3.05) is 19.7 Å². The predicted octanol–water partition coefficient (Wildman–Crippen LogP) is 3.36. The van der Waals surface area contributed by atoms with Gasteiger partial charge in [-0.15, -0.1) is 0 Å². The van der Waals surface area contributed by atoms with Crippen LogP contribution in [0.15, 0.2) is 33.5 Å². The van der Waals surface area contributed by atoms with Crippen LogP contribution in [0.5, 0.6) is 0 Å². The molecular weight excluding hydrogens is 290 g/mol. The fourth-order valence-corrected chi connectivity index (χ4v) is 3.34. The van der Waals surface area contributed by atoms with Crippen molar-refractivity contribution in [3.8, 4) is 0 Å². The molecule has 0 atom stereocenters. The molecule has 1 saturated heterocycles. The van der Waals surface area contributed by atoms with Gasteiger partial charge in [0.1, 0.15) is 5.58 Å². The van der Waals surface area contributed by atoms with Gasteiger partial charge in [-0.25, -0.2) is 4.79 Å². The summed E-state index contributed by atoms with van der Waals surface area (Å²) in [7, 11) is 0. The predicted molar refractivity (Wildman–Crippen MR) is 91.8 cm³/mol. The summed E-state index contributed by atoms with van der Waals surface area (Å²) in [6, 6.07) is 7.75. The summed E-state index contributed by atoms with van der Waals surface area (Å²) in [6.45, 7) is 7.80. The normalized spacial score (nSPS) is 17.0. The van der Waals surface area contributed by atoms with Crippen LogP contribution in [-0.4, -0.2) is 30.7 Å². The molecule has 2 aromatic rings. The maximum absolute atomic E-state index is 11.8. The van der Waals surface area contributed by atoms with E-state index < -0.39 is 0 Å². The summed E-state index contributed by atoms with van der Waals surface area (Å²) in [5.41, 5.74) is 2.76. The first-order valence-electron chi connectivity index (χ1n) is 8.59. The zero-order valence-electron chi connectivity index (χ0n) is 14.0. The van der Waals surface area contributed by atoms with E-state index in [0.717, 1.165) is 56.5 Å². The third-order valence-electron chi connectivity index (χ3n) is 4.63. The van der Waals surface area contributed by atoms with Crippen molar-refractivity contribution in [3.63, 3.8) is 0 Å². The van der Waals surface area contributed by atoms with Gasteiger partial charge < -0.3 is 9.15 Å². The highest BCUT2D eigenvalue weighted by molar-refractivity contribution is 5.80. The molecule has 1 aliphatic rings. The highest BCUT2D eigenvalue weighted by Gasteiger charge is 2.20. The number of likely N-dealkylation sites (tertiary alicyclic amines) is 1. The quantitative estimate of drug-likeness (QED) is 0.794. The molecule has 0 radical (unpaired) electrons. The average Bonchev–Trinajstić information content (AvgIpc) is 2.56. The molecule has 124 valence electrons. The topological polar surface area (TPSA) is 42.7 Å². The van der Waals surface area contributed by atoms with E-state index in [0.29, 0.717) is 11.7 Å². The Morgan fingerprint density at radius 2 is 2.00 bits per heavy atom. The van der Waals surface area contributed by atoms with Gasteiger partial charge in [-0.3, -0.25) is 4.90 Å². The van der Waals surface area contributed by atoms with Crippen molar-refractivity contribution < 1.29 is 9.15 Å². The lowest BCUT2D eigenvalue weighted by atomic mass is 10.0. The molecule has 4 heteroatoms. The van der Waals surface area contributed by atoms with Crippen LogP contribution in [-0.2, 0) is 17.7 Å². The lowest BCUT2D eigenvalue weighted by Gasteiger charge is -2.31. The Morgan fingerprint density at radius 1 is 1.22 bits per heavy atom. The summed E-state index contributed by atoms with van der Waals surface area (Å²) in [5.74, 6) is 0. The molecule has 3 rings (SSSR count). The van der Waals surface area contributed by atoms with Gasteiger partial charge in [0.2, 0.25) is 0 Å². The van der Waals surface area contributed by atoms with Gasteiger partial charge in [0.25, 0.3) is 0 Å². The van der Waals surface area contributed by atoms with E-state index in [1.165, 1.54) is 5.56 Å². The Labute approximate surface area is 137 Å². The van der Waals surface area contributed by atoms with E-state index in [4.69, 9.17) is 9.15 Å². The molecule has 0 aliphatic carbocycles. The van der Waals surface area contributed by atoms with E-state index in [2.05, 4.69) is 17.9 Å². The summed E-state index contributed by atoms with van der Waals surface area (Å²) in [5, 5.41) is 1.07. The fraction of sp³-hybridized carbons (Fsp3) is 0.526. The number of rotatable bonds is 5. The van der Waals surface area contributed by atoms with Gasteiger partial charge in [0.05, 0.1) is 6.10 Å². The molecule has 0 spiro atoms. The Hall–Kier alpha value is -1.65. The molecule has 0 amide bonds. The zero-order chi connectivity index (χ0) is 16.2. The molecule has 1 fully saturated rings. The number of nitrogens with zero attached hydrogens (tertiary/aromatic N) is 1. The molecule has 0 bridgehead atoms. The number of fused-ring (bicyclic) bond motifs is 1. The van der Waals surface area contributed by atoms with E-state index in [-0.39, 0.29) is 5.63 Å². The first-order chi connectivity index (χ1) is 11.2. The van der Waals surface area contributed by atoms with Crippen molar-refractivity contribution >= 4 is 11.0 Å². The van der Waals surface area contributed by atoms with Crippen molar-refractivity contribution in [2.45, 2.75) is 45.8 Å². The second-order valence-corrected chi connectivity index (χ2v) is 6.21. The van der Waals surface area contributed by atoms with Crippen LogP contribution in [0.1, 0.15) is 37.8 Å². The number of hydrogen-bond donors (Lipinski definition) is 0. The SMILES string of the molecule is CCOC1CCN(Cc2cc(=O)oc3ccc(CC)cc23)CC1. The van der Waals surface area contributed by atoms with Gasteiger partial charge >= 0.3 is 5.63 Å². The largest absolute Gasteiger partial charge is 0.423 e. The van der Waals surface area contributed by atoms with Crippen LogP contribution in [0, 0.1) is 0 Å². The summed E-state index contributed by atoms with van der Waals surface area (Å²) >= 11 is 0. The molecule has 1 aromatic heterocycles. The second kappa shape index (κ2) is 7.28. The Morgan fingerprint density at radius 3 is 2.70 bits per heavy atom. The van der Waals surface area contributed by atoms with Crippen molar-refractivity contribution in [1.82, 2.24) is 4.90 Å². The zero-order valence-corrected chi connectivity index (χ0v) is 14.0. The van der Waals surface area contributed by atoms with Crippen LogP contribution < -0.4 is 5.63 Å². The Balaban J connectivity index is 1.81. The van der Waals surface area contributed by atoms with Gasteiger partial charge in [-0.05, 0) is 49.4 Å². The fourth-order valence-electron chi connectivity index (χ4n) is 3.34. The molecule has 4 nitrogen and oxygen atoms in total. The summed E-state index contributed by atoms with van der Waals surface area (Å²) < 4.78 is 11.1. The van der Waals surface area contributed by atoms with Gasteiger partial charge in [0, 0.05) is 37.7 Å². The molecule has 1 aliphatic heterocycles. The highest BCUT2D eigenvalue weighted by Crippen LogP contribution is 2.22. The van der Waals surface area contributed by atoms with Crippen LogP contribution in [0.25, 0.3) is 11.0 Å². The highest BCUT2D eigenvalue weighted by atomic mass is 16.5. The van der Waals surface area contributed by atoms with Gasteiger partial charge in [0.15, 0.2) is 0 Å². The molecule has 2 heterocycles. The third-order valence-corrected chi connectivity index (χ3v) is 4.63. The number of benzene rings is 1. The second-order valence-electron chi connectivity index (χ2n) is 6.21. The Kier molecular flexibility index (Phi) is 5.13. The van der Waals surface area contributed by atoms with Crippen molar-refractivity contribution in [2.24, 2.45) is 0 Å². The lowest BCUT2D eigenvalue weighted by Crippen LogP contribution is -2.36. The number of ether oxygens (including phenoxy) is 1. The molecule has 0 unspecified atom stereocenters. The average molecular weight is 315 g/mol. The number of aryl methyl sites for hydroxylation is 1. The van der Waals surface area contributed by atoms with Crippen LogP contribution in [0.3, 0.4) is 0 Å². The maximum Gasteiger partial charge on any atom is 0.336 e. The summed E-state index contributed by atoms with van der Waals surface area (Å²) in [6.07, 6.45) is 3.50. The maximum atomic E-state index is 11.8. The van der Waals surface area contributed by atoms with Crippen LogP contribution >= 0.6 is 0 Å². The standard InChI is InChI=1S/C19H25NO3/c1-3-14-5-6-18-17(11-14)15(12-19(21)23-18)13-20-9-7-16(8-10-20)22-4-2/h5-6,11-12,16H,3-4,7-10,13H2,1-2H3. The molecule has 23 heavy (non-hydrogen) atoms.